The fourth-order valence-corrected chi connectivity index (χ4v) is 4.16. The number of alkyl halides is 3. The Kier molecular flexibility index (Phi) is 7.42. The number of rotatable bonds is 7. The molecule has 0 unspecified atom stereocenters. The van der Waals surface area contributed by atoms with Gasteiger partial charge in [0.15, 0.2) is 0 Å². The molecule has 4 aromatic rings. The van der Waals surface area contributed by atoms with Crippen LogP contribution < -0.4 is 10.6 Å². The van der Waals surface area contributed by atoms with E-state index in [1.165, 1.54) is 12.1 Å². The van der Waals surface area contributed by atoms with Gasteiger partial charge in [-0.05, 0) is 66.7 Å². The van der Waals surface area contributed by atoms with Crippen molar-refractivity contribution in [2.45, 2.75) is 6.18 Å². The molecule has 4 nitrogen and oxygen atoms in total. The Morgan fingerprint density at radius 3 is 2.23 bits per heavy atom. The van der Waals surface area contributed by atoms with E-state index in [0.717, 1.165) is 16.1 Å². The van der Waals surface area contributed by atoms with Crippen molar-refractivity contribution in [2.24, 2.45) is 0 Å². The summed E-state index contributed by atoms with van der Waals surface area (Å²) in [4.78, 5) is 12.6. The highest BCUT2D eigenvalue weighted by Crippen LogP contribution is 2.39. The molecule has 4 rings (SSSR count). The van der Waals surface area contributed by atoms with Gasteiger partial charge in [0.1, 0.15) is 0 Å². The molecular weight excluding hydrogens is 519 g/mol. The molecule has 0 aliphatic carbocycles. The SMILES string of the molecule is CNCCNC(=O)c1cccc(-c2ccc(-c3ccc(Br)cc3)n2-c2ccccc2C(F)(F)F)c1. The third kappa shape index (κ3) is 5.49. The number of hydrogen-bond donors (Lipinski definition) is 2. The summed E-state index contributed by atoms with van der Waals surface area (Å²) in [6, 6.07) is 23.4. The van der Waals surface area contributed by atoms with Crippen molar-refractivity contribution < 1.29 is 18.0 Å². The van der Waals surface area contributed by atoms with Gasteiger partial charge in [-0.15, -0.1) is 0 Å². The molecule has 0 atom stereocenters. The monoisotopic (exact) mass is 541 g/mol. The van der Waals surface area contributed by atoms with Crippen LogP contribution in [0.15, 0.2) is 89.4 Å². The normalized spacial score (nSPS) is 11.5. The number of likely N-dealkylation sites (N-methyl/N-ethyl adjacent to an activating group) is 1. The molecule has 8 heteroatoms. The van der Waals surface area contributed by atoms with Crippen molar-refractivity contribution in [2.75, 3.05) is 20.1 Å². The average molecular weight is 542 g/mol. The van der Waals surface area contributed by atoms with Crippen LogP contribution in [0.2, 0.25) is 0 Å². The Labute approximate surface area is 209 Å². The van der Waals surface area contributed by atoms with Gasteiger partial charge in [-0.2, -0.15) is 13.2 Å². The standard InChI is InChI=1S/C27H23BrF3N3O/c1-32-15-16-33-26(35)20-6-4-5-19(17-20)24-14-13-23(18-9-11-21(28)12-10-18)34(24)25-8-3-2-7-22(25)27(29,30)31/h2-14,17,32H,15-16H2,1H3,(H,33,35). The second kappa shape index (κ2) is 10.5. The Bertz CT molecular complexity index is 1330. The quantitative estimate of drug-likeness (QED) is 0.261. The predicted octanol–water partition coefficient (Wildman–Crippen LogP) is 6.54. The first-order valence-electron chi connectivity index (χ1n) is 11.0. The molecule has 0 bridgehead atoms. The zero-order valence-electron chi connectivity index (χ0n) is 18.9. The summed E-state index contributed by atoms with van der Waals surface area (Å²) < 4.78 is 44.5. The van der Waals surface area contributed by atoms with Crippen LogP contribution in [0.1, 0.15) is 15.9 Å². The molecule has 1 aromatic heterocycles. The number of carbonyl (C=O) groups is 1. The molecule has 180 valence electrons. The molecule has 0 spiro atoms. The van der Waals surface area contributed by atoms with Crippen molar-refractivity contribution in [3.63, 3.8) is 0 Å². The number of hydrogen-bond acceptors (Lipinski definition) is 2. The van der Waals surface area contributed by atoms with Crippen molar-refractivity contribution in [1.82, 2.24) is 15.2 Å². The van der Waals surface area contributed by atoms with Gasteiger partial charge in [-0.3, -0.25) is 4.79 Å². The zero-order valence-corrected chi connectivity index (χ0v) is 20.5. The number of amides is 1. The summed E-state index contributed by atoms with van der Waals surface area (Å²) in [6.07, 6.45) is -4.54. The Hall–Kier alpha value is -3.36. The van der Waals surface area contributed by atoms with E-state index in [0.29, 0.717) is 35.6 Å². The lowest BCUT2D eigenvalue weighted by atomic mass is 10.1. The minimum Gasteiger partial charge on any atom is -0.351 e. The number of nitrogens with zero attached hydrogens (tertiary/aromatic N) is 1. The molecule has 1 amide bonds. The van der Waals surface area contributed by atoms with Crippen molar-refractivity contribution in [3.8, 4) is 28.2 Å². The molecule has 3 aromatic carbocycles. The predicted molar refractivity (Wildman–Crippen MR) is 136 cm³/mol. The summed E-state index contributed by atoms with van der Waals surface area (Å²) in [6.45, 7) is 1.08. The number of benzene rings is 3. The van der Waals surface area contributed by atoms with Gasteiger partial charge >= 0.3 is 6.18 Å². The number of para-hydroxylation sites is 1. The fraction of sp³-hybridized carbons (Fsp3) is 0.148. The summed E-state index contributed by atoms with van der Waals surface area (Å²) in [5.41, 5.74) is 2.25. The molecule has 35 heavy (non-hydrogen) atoms. The van der Waals surface area contributed by atoms with E-state index in [2.05, 4.69) is 26.6 Å². The molecule has 0 aliphatic rings. The molecule has 2 N–H and O–H groups in total. The van der Waals surface area contributed by atoms with Crippen LogP contribution in [0.4, 0.5) is 13.2 Å². The highest BCUT2D eigenvalue weighted by Gasteiger charge is 2.34. The first-order valence-corrected chi connectivity index (χ1v) is 11.8. The third-order valence-corrected chi connectivity index (χ3v) is 6.08. The maximum Gasteiger partial charge on any atom is 0.418 e. The topological polar surface area (TPSA) is 46.1 Å². The minimum atomic E-state index is -4.54. The molecular formula is C27H23BrF3N3O. The lowest BCUT2D eigenvalue weighted by molar-refractivity contribution is -0.137. The van der Waals surface area contributed by atoms with Crippen LogP contribution in [0.25, 0.3) is 28.2 Å². The smallest absolute Gasteiger partial charge is 0.351 e. The highest BCUT2D eigenvalue weighted by molar-refractivity contribution is 9.10. The third-order valence-electron chi connectivity index (χ3n) is 5.55. The van der Waals surface area contributed by atoms with Gasteiger partial charge in [-0.25, -0.2) is 0 Å². The highest BCUT2D eigenvalue weighted by atomic mass is 79.9. The van der Waals surface area contributed by atoms with Crippen molar-refractivity contribution >= 4 is 21.8 Å². The van der Waals surface area contributed by atoms with Crippen molar-refractivity contribution in [3.05, 3.63) is 101 Å². The van der Waals surface area contributed by atoms with Gasteiger partial charge in [0, 0.05) is 23.1 Å². The average Bonchev–Trinajstić information content (AvgIpc) is 3.29. The van der Waals surface area contributed by atoms with Gasteiger partial charge in [0.25, 0.3) is 5.91 Å². The first kappa shape index (κ1) is 24.8. The first-order chi connectivity index (χ1) is 16.8. The maximum atomic E-state index is 14.0. The van der Waals surface area contributed by atoms with Crippen molar-refractivity contribution in [1.29, 1.82) is 0 Å². The summed E-state index contributed by atoms with van der Waals surface area (Å²) in [7, 11) is 1.79. The van der Waals surface area contributed by atoms with Crippen LogP contribution in [-0.2, 0) is 6.18 Å². The molecule has 0 saturated carbocycles. The van der Waals surface area contributed by atoms with E-state index >= 15 is 0 Å². The van der Waals surface area contributed by atoms with Crippen LogP contribution in [0, 0.1) is 0 Å². The largest absolute Gasteiger partial charge is 0.418 e. The molecule has 0 fully saturated rings. The lowest BCUT2D eigenvalue weighted by Crippen LogP contribution is -2.30. The van der Waals surface area contributed by atoms with E-state index in [9.17, 15) is 18.0 Å². The number of carbonyl (C=O) groups excluding carboxylic acids is 1. The Balaban J connectivity index is 1.88. The Morgan fingerprint density at radius 2 is 1.54 bits per heavy atom. The van der Waals surface area contributed by atoms with E-state index < -0.39 is 11.7 Å². The van der Waals surface area contributed by atoms with E-state index in [4.69, 9.17) is 0 Å². The van der Waals surface area contributed by atoms with E-state index in [1.54, 1.807) is 54.1 Å². The summed E-state index contributed by atoms with van der Waals surface area (Å²) in [5, 5.41) is 5.79. The fourth-order valence-electron chi connectivity index (χ4n) is 3.90. The van der Waals surface area contributed by atoms with E-state index in [-0.39, 0.29) is 11.6 Å². The Morgan fingerprint density at radius 1 is 0.857 bits per heavy atom. The number of halogens is 4. The minimum absolute atomic E-state index is 0.0155. The second-order valence-electron chi connectivity index (χ2n) is 7.90. The van der Waals surface area contributed by atoms with Crippen LogP contribution in [0.5, 0.6) is 0 Å². The van der Waals surface area contributed by atoms with Crippen LogP contribution in [0.3, 0.4) is 0 Å². The molecule has 1 heterocycles. The van der Waals surface area contributed by atoms with Crippen LogP contribution in [-0.4, -0.2) is 30.6 Å². The summed E-state index contributed by atoms with van der Waals surface area (Å²) in [5.74, 6) is -0.246. The lowest BCUT2D eigenvalue weighted by Gasteiger charge is -2.19. The van der Waals surface area contributed by atoms with Crippen LogP contribution >= 0.6 is 15.9 Å². The van der Waals surface area contributed by atoms with Gasteiger partial charge < -0.3 is 15.2 Å². The zero-order chi connectivity index (χ0) is 25.0. The summed E-state index contributed by atoms with van der Waals surface area (Å²) >= 11 is 3.41. The number of nitrogens with one attached hydrogen (secondary N) is 2. The molecule has 0 aliphatic heterocycles. The molecule has 0 saturated heterocycles. The maximum absolute atomic E-state index is 14.0. The van der Waals surface area contributed by atoms with Gasteiger partial charge in [0.05, 0.1) is 22.6 Å². The van der Waals surface area contributed by atoms with E-state index in [1.807, 2.05) is 24.3 Å². The number of aromatic nitrogens is 1. The van der Waals surface area contributed by atoms with Gasteiger partial charge in [0.2, 0.25) is 0 Å². The second-order valence-corrected chi connectivity index (χ2v) is 8.82. The molecule has 0 radical (unpaired) electrons. The van der Waals surface area contributed by atoms with Gasteiger partial charge in [-0.1, -0.05) is 52.3 Å².